The topological polar surface area (TPSA) is 108 Å². The van der Waals surface area contributed by atoms with Crippen molar-refractivity contribution < 1.29 is 47.5 Å². The lowest BCUT2D eigenvalue weighted by atomic mass is 10.4. The maximum atomic E-state index is 10.8. The van der Waals surface area contributed by atoms with E-state index < -0.39 is 12.3 Å². The summed E-state index contributed by atoms with van der Waals surface area (Å²) in [7, 11) is 0. The first-order valence-electron chi connectivity index (χ1n) is 8.58. The van der Waals surface area contributed by atoms with Gasteiger partial charge in [-0.25, -0.2) is 9.59 Å². The van der Waals surface area contributed by atoms with E-state index in [1.807, 2.05) is 13.8 Å². The molecule has 2 aliphatic heterocycles. The van der Waals surface area contributed by atoms with Crippen molar-refractivity contribution in [2.45, 2.75) is 38.3 Å². The first-order chi connectivity index (χ1) is 12.5. The second-order valence-electron chi connectivity index (χ2n) is 6.04. The van der Waals surface area contributed by atoms with Crippen LogP contribution >= 0.6 is 0 Å². The van der Waals surface area contributed by atoms with Crippen molar-refractivity contribution >= 4 is 12.3 Å². The fraction of sp³-hybridized carbons (Fsp3) is 0.875. The molecule has 4 unspecified atom stereocenters. The van der Waals surface area contributed by atoms with Gasteiger partial charge in [0.2, 0.25) is 0 Å². The molecule has 10 nitrogen and oxygen atoms in total. The van der Waals surface area contributed by atoms with Gasteiger partial charge in [-0.1, -0.05) is 0 Å². The van der Waals surface area contributed by atoms with E-state index in [0.717, 1.165) is 0 Å². The van der Waals surface area contributed by atoms with Crippen LogP contribution in [0.15, 0.2) is 0 Å². The maximum absolute atomic E-state index is 10.8. The first kappa shape index (κ1) is 20.7. The van der Waals surface area contributed by atoms with Gasteiger partial charge in [-0.05, 0) is 13.8 Å². The van der Waals surface area contributed by atoms with E-state index in [-0.39, 0.29) is 50.8 Å². The highest BCUT2D eigenvalue weighted by Gasteiger charge is 2.26. The van der Waals surface area contributed by atoms with Gasteiger partial charge in [0, 0.05) is 0 Å². The molecule has 26 heavy (non-hydrogen) atoms. The minimum Gasteiger partial charge on any atom is -0.430 e. The van der Waals surface area contributed by atoms with E-state index in [1.54, 1.807) is 0 Å². The Hall–Kier alpha value is -1.62. The fourth-order valence-electron chi connectivity index (χ4n) is 2.22. The van der Waals surface area contributed by atoms with Crippen LogP contribution in [-0.2, 0) is 37.9 Å². The SMILES string of the molecule is CC(COCC1COC(=O)O1)OCCOC(C)COCC1COC(=O)O1. The minimum atomic E-state index is -0.657. The van der Waals surface area contributed by atoms with Crippen LogP contribution in [0.25, 0.3) is 0 Å². The monoisotopic (exact) mass is 378 g/mol. The third kappa shape index (κ3) is 8.17. The number of hydrogen-bond donors (Lipinski definition) is 0. The zero-order chi connectivity index (χ0) is 18.8. The number of carbonyl (C=O) groups excluding carboxylic acids is 2. The summed E-state index contributed by atoms with van der Waals surface area (Å²) in [5, 5.41) is 0. The molecule has 0 spiro atoms. The van der Waals surface area contributed by atoms with E-state index in [0.29, 0.717) is 26.4 Å². The van der Waals surface area contributed by atoms with E-state index >= 15 is 0 Å². The van der Waals surface area contributed by atoms with Gasteiger partial charge in [0.25, 0.3) is 0 Å². The summed E-state index contributed by atoms with van der Waals surface area (Å²) < 4.78 is 41.0. The normalized spacial score (nSPS) is 24.5. The molecule has 2 rings (SSSR count). The molecule has 10 heteroatoms. The second-order valence-corrected chi connectivity index (χ2v) is 6.04. The van der Waals surface area contributed by atoms with Gasteiger partial charge in [-0.15, -0.1) is 0 Å². The van der Waals surface area contributed by atoms with E-state index in [9.17, 15) is 9.59 Å². The molecular weight excluding hydrogens is 352 g/mol. The third-order valence-corrected chi connectivity index (χ3v) is 3.50. The molecule has 0 amide bonds. The standard InChI is InChI=1S/C16H26O10/c1-11(5-19-7-13-9-23-15(17)25-13)21-3-4-22-12(2)6-20-8-14-10-24-16(18)26-14/h11-14H,3-10H2,1-2H3. The van der Waals surface area contributed by atoms with Gasteiger partial charge in [0.1, 0.15) is 13.2 Å². The Bertz CT molecular complexity index is 403. The van der Waals surface area contributed by atoms with Crippen LogP contribution in [0.1, 0.15) is 13.8 Å². The number of cyclic esters (lactones) is 4. The molecule has 0 aromatic carbocycles. The molecule has 0 aromatic rings. The van der Waals surface area contributed by atoms with Crippen molar-refractivity contribution in [3.8, 4) is 0 Å². The molecule has 2 saturated heterocycles. The predicted molar refractivity (Wildman–Crippen MR) is 84.9 cm³/mol. The average molecular weight is 378 g/mol. The van der Waals surface area contributed by atoms with Gasteiger partial charge in [-0.2, -0.15) is 0 Å². The van der Waals surface area contributed by atoms with Crippen LogP contribution in [-0.4, -0.2) is 89.6 Å². The van der Waals surface area contributed by atoms with Crippen molar-refractivity contribution in [1.82, 2.24) is 0 Å². The zero-order valence-electron chi connectivity index (χ0n) is 15.0. The summed E-state index contributed by atoms with van der Waals surface area (Å²) in [6, 6.07) is 0. The Kier molecular flexibility index (Phi) is 8.89. The third-order valence-electron chi connectivity index (χ3n) is 3.50. The van der Waals surface area contributed by atoms with Crippen molar-refractivity contribution in [3.05, 3.63) is 0 Å². The van der Waals surface area contributed by atoms with Gasteiger partial charge >= 0.3 is 12.3 Å². The van der Waals surface area contributed by atoms with Gasteiger partial charge in [-0.3, -0.25) is 0 Å². The number of carbonyl (C=O) groups is 2. The lowest BCUT2D eigenvalue weighted by molar-refractivity contribution is -0.0672. The van der Waals surface area contributed by atoms with Gasteiger partial charge in [0.15, 0.2) is 12.2 Å². The number of ether oxygens (including phenoxy) is 8. The molecule has 150 valence electrons. The summed E-state index contributed by atoms with van der Waals surface area (Å²) in [5.41, 5.74) is 0. The molecule has 0 aliphatic carbocycles. The van der Waals surface area contributed by atoms with Crippen molar-refractivity contribution in [3.63, 3.8) is 0 Å². The largest absolute Gasteiger partial charge is 0.508 e. The quantitative estimate of drug-likeness (QED) is 0.339. The second kappa shape index (κ2) is 11.2. The molecular formula is C16H26O10. The molecule has 2 heterocycles. The average Bonchev–Trinajstić information content (AvgIpc) is 3.20. The van der Waals surface area contributed by atoms with Gasteiger partial charge in [0.05, 0.1) is 51.8 Å². The summed E-state index contributed by atoms with van der Waals surface area (Å²) in [5.74, 6) is 0. The van der Waals surface area contributed by atoms with Crippen LogP contribution in [0.4, 0.5) is 9.59 Å². The molecule has 0 radical (unpaired) electrons. The van der Waals surface area contributed by atoms with Crippen LogP contribution in [0, 0.1) is 0 Å². The van der Waals surface area contributed by atoms with Crippen LogP contribution in [0.2, 0.25) is 0 Å². The van der Waals surface area contributed by atoms with E-state index in [4.69, 9.17) is 28.4 Å². The lowest BCUT2D eigenvalue weighted by Crippen LogP contribution is -2.26. The van der Waals surface area contributed by atoms with E-state index in [2.05, 4.69) is 9.47 Å². The molecule has 0 bridgehead atoms. The highest BCUT2D eigenvalue weighted by atomic mass is 16.8. The minimum absolute atomic E-state index is 0.111. The summed E-state index contributed by atoms with van der Waals surface area (Å²) in [4.78, 5) is 21.5. The molecule has 0 aromatic heterocycles. The van der Waals surface area contributed by atoms with Crippen LogP contribution in [0.5, 0.6) is 0 Å². The Morgan fingerprint density at radius 2 is 1.27 bits per heavy atom. The summed E-state index contributed by atoms with van der Waals surface area (Å²) in [6.07, 6.45) is -2.23. The highest BCUT2D eigenvalue weighted by molar-refractivity contribution is 5.62. The number of hydrogen-bond acceptors (Lipinski definition) is 10. The fourth-order valence-corrected chi connectivity index (χ4v) is 2.22. The maximum Gasteiger partial charge on any atom is 0.508 e. The Labute approximate surface area is 151 Å². The molecule has 2 fully saturated rings. The van der Waals surface area contributed by atoms with E-state index in [1.165, 1.54) is 0 Å². The first-order valence-corrected chi connectivity index (χ1v) is 8.58. The van der Waals surface area contributed by atoms with Crippen molar-refractivity contribution in [1.29, 1.82) is 0 Å². The predicted octanol–water partition coefficient (Wildman–Crippen LogP) is 0.901. The molecule has 0 saturated carbocycles. The molecule has 2 aliphatic rings. The molecule has 4 atom stereocenters. The van der Waals surface area contributed by atoms with Crippen molar-refractivity contribution in [2.75, 3.05) is 52.9 Å². The summed E-state index contributed by atoms with van der Waals surface area (Å²) >= 11 is 0. The highest BCUT2D eigenvalue weighted by Crippen LogP contribution is 2.08. The summed E-state index contributed by atoms with van der Waals surface area (Å²) in [6.45, 7) is 6.38. The van der Waals surface area contributed by atoms with Crippen LogP contribution < -0.4 is 0 Å². The molecule has 0 N–H and O–H groups in total. The lowest BCUT2D eigenvalue weighted by Gasteiger charge is -2.17. The zero-order valence-corrected chi connectivity index (χ0v) is 15.0. The number of rotatable bonds is 13. The van der Waals surface area contributed by atoms with Crippen molar-refractivity contribution in [2.24, 2.45) is 0 Å². The Morgan fingerprint density at radius 3 is 1.62 bits per heavy atom. The Morgan fingerprint density at radius 1 is 0.846 bits per heavy atom. The van der Waals surface area contributed by atoms with Gasteiger partial charge < -0.3 is 37.9 Å². The van der Waals surface area contributed by atoms with Crippen LogP contribution in [0.3, 0.4) is 0 Å². The smallest absolute Gasteiger partial charge is 0.430 e. The Balaban J connectivity index is 1.39.